The Bertz CT molecular complexity index is 521. The number of nitrogens with one attached hydrogen (secondary N) is 2. The Kier molecular flexibility index (Phi) is 4.05. The number of benzene rings is 1. The Morgan fingerprint density at radius 1 is 1.35 bits per heavy atom. The van der Waals surface area contributed by atoms with E-state index < -0.39 is 0 Å². The first-order valence-electron chi connectivity index (χ1n) is 7.60. The molecule has 1 aliphatic heterocycles. The molecule has 2 aliphatic rings. The Balaban J connectivity index is 1.48. The average Bonchev–Trinajstić information content (AvgIpc) is 3.00. The van der Waals surface area contributed by atoms with Gasteiger partial charge >= 0.3 is 0 Å². The zero-order valence-electron chi connectivity index (χ0n) is 11.8. The minimum atomic E-state index is 0.0578. The van der Waals surface area contributed by atoms with Gasteiger partial charge in [0.15, 0.2) is 0 Å². The van der Waals surface area contributed by atoms with Crippen molar-refractivity contribution in [3.63, 3.8) is 0 Å². The number of rotatable bonds is 4. The number of allylic oxidation sites excluding steroid dienone is 1. The third kappa shape index (κ3) is 3.03. The van der Waals surface area contributed by atoms with E-state index >= 15 is 0 Å². The minimum Gasteiger partial charge on any atom is -0.384 e. The molecule has 1 heterocycles. The second kappa shape index (κ2) is 6.12. The van der Waals surface area contributed by atoms with E-state index in [4.69, 9.17) is 0 Å². The molecule has 3 rings (SSSR count). The van der Waals surface area contributed by atoms with Gasteiger partial charge in [-0.1, -0.05) is 29.8 Å². The van der Waals surface area contributed by atoms with Crippen LogP contribution in [-0.2, 0) is 11.2 Å². The van der Waals surface area contributed by atoms with Crippen LogP contribution in [0, 0.1) is 5.92 Å². The molecule has 3 heteroatoms. The largest absolute Gasteiger partial charge is 0.384 e. The molecule has 1 aromatic rings. The lowest BCUT2D eigenvalue weighted by Crippen LogP contribution is -2.38. The Labute approximate surface area is 120 Å². The molecule has 1 aromatic carbocycles. The number of hydrogen-bond donors (Lipinski definition) is 2. The number of amides is 1. The first-order chi connectivity index (χ1) is 9.83. The third-order valence-electron chi connectivity index (χ3n) is 4.27. The first-order valence-corrected chi connectivity index (χ1v) is 7.60. The van der Waals surface area contributed by atoms with Crippen molar-refractivity contribution >= 4 is 11.6 Å². The van der Waals surface area contributed by atoms with Crippen molar-refractivity contribution in [3.05, 3.63) is 41.5 Å². The molecule has 106 valence electrons. The van der Waals surface area contributed by atoms with Gasteiger partial charge in [-0.05, 0) is 43.7 Å². The van der Waals surface area contributed by atoms with E-state index in [1.165, 1.54) is 36.1 Å². The molecule has 0 saturated carbocycles. The van der Waals surface area contributed by atoms with Gasteiger partial charge < -0.3 is 10.6 Å². The fourth-order valence-corrected chi connectivity index (χ4v) is 3.08. The van der Waals surface area contributed by atoms with Crippen molar-refractivity contribution in [3.8, 4) is 0 Å². The molecular weight excluding hydrogens is 248 g/mol. The maximum Gasteiger partial charge on any atom is 0.225 e. The van der Waals surface area contributed by atoms with Gasteiger partial charge in [0.25, 0.3) is 0 Å². The lowest BCUT2D eigenvalue weighted by Gasteiger charge is -2.25. The van der Waals surface area contributed by atoms with Crippen LogP contribution in [0.5, 0.6) is 0 Å². The van der Waals surface area contributed by atoms with E-state index in [0.717, 1.165) is 25.9 Å². The molecule has 2 N–H and O–H groups in total. The highest BCUT2D eigenvalue weighted by Gasteiger charge is 2.23. The van der Waals surface area contributed by atoms with Gasteiger partial charge in [-0.25, -0.2) is 0 Å². The highest BCUT2D eigenvalue weighted by molar-refractivity contribution is 5.80. The Hall–Kier alpha value is -1.77. The minimum absolute atomic E-state index is 0.0578. The standard InChI is InChI=1S/C17H22N2O/c20-17(18-10-9-13-5-1-2-6-13)15-11-14-7-3-4-8-16(14)19-12-15/h3-5,7-8,15,19H,1-2,6,9-12H2,(H,18,20). The molecule has 0 radical (unpaired) electrons. The Morgan fingerprint density at radius 3 is 3.10 bits per heavy atom. The smallest absolute Gasteiger partial charge is 0.225 e. The maximum absolute atomic E-state index is 12.2. The summed E-state index contributed by atoms with van der Waals surface area (Å²) in [5.41, 5.74) is 3.93. The highest BCUT2D eigenvalue weighted by Crippen LogP contribution is 2.24. The quantitative estimate of drug-likeness (QED) is 0.826. The predicted molar refractivity (Wildman–Crippen MR) is 81.7 cm³/mol. The molecule has 0 aromatic heterocycles. The van der Waals surface area contributed by atoms with Crippen LogP contribution in [0.1, 0.15) is 31.2 Å². The molecule has 1 amide bonds. The number of anilines is 1. The maximum atomic E-state index is 12.2. The summed E-state index contributed by atoms with van der Waals surface area (Å²) < 4.78 is 0. The first kappa shape index (κ1) is 13.2. The van der Waals surface area contributed by atoms with Crippen molar-refractivity contribution in [2.24, 2.45) is 5.92 Å². The van der Waals surface area contributed by atoms with Gasteiger partial charge in [-0.15, -0.1) is 0 Å². The number of fused-ring (bicyclic) bond motifs is 1. The number of carbonyl (C=O) groups is 1. The van der Waals surface area contributed by atoms with Gasteiger partial charge in [0.2, 0.25) is 5.91 Å². The SMILES string of the molecule is O=C(NCCC1=CCCC1)C1CNc2ccccc2C1. The normalized spacial score (nSPS) is 20.8. The summed E-state index contributed by atoms with van der Waals surface area (Å²) in [6, 6.07) is 8.25. The van der Waals surface area contributed by atoms with Crippen molar-refractivity contribution in [1.29, 1.82) is 0 Å². The van der Waals surface area contributed by atoms with Crippen LogP contribution in [0.3, 0.4) is 0 Å². The second-order valence-electron chi connectivity index (χ2n) is 5.73. The van der Waals surface area contributed by atoms with E-state index in [1.807, 2.05) is 12.1 Å². The second-order valence-corrected chi connectivity index (χ2v) is 5.73. The molecule has 3 nitrogen and oxygen atoms in total. The van der Waals surface area contributed by atoms with Crippen molar-refractivity contribution < 1.29 is 4.79 Å². The number of hydrogen-bond acceptors (Lipinski definition) is 2. The molecule has 0 bridgehead atoms. The monoisotopic (exact) mass is 270 g/mol. The van der Waals surface area contributed by atoms with Crippen LogP contribution >= 0.6 is 0 Å². The number of para-hydroxylation sites is 1. The lowest BCUT2D eigenvalue weighted by atomic mass is 9.93. The van der Waals surface area contributed by atoms with Crippen molar-refractivity contribution in [2.75, 3.05) is 18.4 Å². The van der Waals surface area contributed by atoms with Crippen LogP contribution in [0.4, 0.5) is 5.69 Å². The zero-order chi connectivity index (χ0) is 13.8. The number of carbonyl (C=O) groups excluding carboxylic acids is 1. The molecule has 1 aliphatic carbocycles. The van der Waals surface area contributed by atoms with E-state index in [0.29, 0.717) is 0 Å². The van der Waals surface area contributed by atoms with E-state index in [-0.39, 0.29) is 11.8 Å². The third-order valence-corrected chi connectivity index (χ3v) is 4.27. The van der Waals surface area contributed by atoms with Crippen LogP contribution in [0.15, 0.2) is 35.9 Å². The summed E-state index contributed by atoms with van der Waals surface area (Å²) >= 11 is 0. The summed E-state index contributed by atoms with van der Waals surface area (Å²) in [6.45, 7) is 1.52. The molecule has 1 unspecified atom stereocenters. The molecular formula is C17H22N2O. The van der Waals surface area contributed by atoms with Crippen LogP contribution in [-0.4, -0.2) is 19.0 Å². The fraction of sp³-hybridized carbons (Fsp3) is 0.471. The van der Waals surface area contributed by atoms with Gasteiger partial charge in [0, 0.05) is 18.8 Å². The van der Waals surface area contributed by atoms with Gasteiger partial charge in [0.1, 0.15) is 0 Å². The van der Waals surface area contributed by atoms with Crippen LogP contribution < -0.4 is 10.6 Å². The van der Waals surface area contributed by atoms with Crippen molar-refractivity contribution in [2.45, 2.75) is 32.1 Å². The zero-order valence-corrected chi connectivity index (χ0v) is 11.8. The van der Waals surface area contributed by atoms with Gasteiger partial charge in [-0.2, -0.15) is 0 Å². The molecule has 0 saturated heterocycles. The lowest BCUT2D eigenvalue weighted by molar-refractivity contribution is -0.124. The topological polar surface area (TPSA) is 41.1 Å². The predicted octanol–water partition coefficient (Wildman–Crippen LogP) is 2.89. The van der Waals surface area contributed by atoms with E-state index in [1.54, 1.807) is 0 Å². The highest BCUT2D eigenvalue weighted by atomic mass is 16.1. The fourth-order valence-electron chi connectivity index (χ4n) is 3.08. The summed E-state index contributed by atoms with van der Waals surface area (Å²) in [7, 11) is 0. The average molecular weight is 270 g/mol. The van der Waals surface area contributed by atoms with Gasteiger partial charge in [-0.3, -0.25) is 4.79 Å². The van der Waals surface area contributed by atoms with Crippen molar-refractivity contribution in [1.82, 2.24) is 5.32 Å². The Morgan fingerprint density at radius 2 is 2.25 bits per heavy atom. The summed E-state index contributed by atoms with van der Waals surface area (Å²) in [5, 5.41) is 6.44. The van der Waals surface area contributed by atoms with E-state index in [9.17, 15) is 4.79 Å². The van der Waals surface area contributed by atoms with Crippen LogP contribution in [0.2, 0.25) is 0 Å². The van der Waals surface area contributed by atoms with Crippen LogP contribution in [0.25, 0.3) is 0 Å². The molecule has 1 atom stereocenters. The van der Waals surface area contributed by atoms with Gasteiger partial charge in [0.05, 0.1) is 5.92 Å². The molecule has 20 heavy (non-hydrogen) atoms. The summed E-state index contributed by atoms with van der Waals surface area (Å²) in [5.74, 6) is 0.244. The molecule has 0 spiro atoms. The summed E-state index contributed by atoms with van der Waals surface area (Å²) in [4.78, 5) is 12.2. The van der Waals surface area contributed by atoms with E-state index in [2.05, 4.69) is 28.8 Å². The molecule has 0 fully saturated rings. The summed E-state index contributed by atoms with van der Waals surface area (Å²) in [6.07, 6.45) is 7.90.